The van der Waals surface area contributed by atoms with E-state index in [4.69, 9.17) is 10.7 Å². The first-order chi connectivity index (χ1) is 14.0. The lowest BCUT2D eigenvalue weighted by Crippen LogP contribution is -2.44. The molecule has 1 saturated heterocycles. The van der Waals surface area contributed by atoms with E-state index in [0.717, 1.165) is 72.8 Å². The highest BCUT2D eigenvalue weighted by atomic mass is 19.4. The number of nitrogens with two attached hydrogens (primary N) is 1. The molecule has 2 heterocycles. The van der Waals surface area contributed by atoms with Crippen molar-refractivity contribution in [3.8, 4) is 0 Å². The van der Waals surface area contributed by atoms with Gasteiger partial charge in [-0.1, -0.05) is 24.3 Å². The molecule has 2 aromatic carbocycles. The van der Waals surface area contributed by atoms with Crippen LogP contribution in [0.3, 0.4) is 0 Å². The van der Waals surface area contributed by atoms with Gasteiger partial charge >= 0.3 is 6.18 Å². The summed E-state index contributed by atoms with van der Waals surface area (Å²) in [6, 6.07) is 11.4. The van der Waals surface area contributed by atoms with Gasteiger partial charge in [-0.15, -0.1) is 0 Å². The topological polar surface area (TPSA) is 59.1 Å². The minimum absolute atomic E-state index is 0.458. The lowest BCUT2D eigenvalue weighted by atomic mass is 10.1. The number of aromatic nitrogens is 2. The molecule has 5 nitrogen and oxygen atoms in total. The Morgan fingerprint density at radius 3 is 2.41 bits per heavy atom. The summed E-state index contributed by atoms with van der Waals surface area (Å²) < 4.78 is 40.8. The average molecular weight is 403 g/mol. The summed E-state index contributed by atoms with van der Waals surface area (Å²) in [4.78, 5) is 7.16. The molecule has 1 aromatic heterocycles. The number of halogens is 3. The van der Waals surface area contributed by atoms with Gasteiger partial charge in [0.05, 0.1) is 23.1 Å². The van der Waals surface area contributed by atoms with Crippen molar-refractivity contribution in [2.75, 3.05) is 37.6 Å². The molecular formula is C21H24F3N5. The van der Waals surface area contributed by atoms with Crippen molar-refractivity contribution in [2.24, 2.45) is 5.73 Å². The van der Waals surface area contributed by atoms with Gasteiger partial charge in [0.15, 0.2) is 0 Å². The Morgan fingerprint density at radius 2 is 1.76 bits per heavy atom. The van der Waals surface area contributed by atoms with Crippen LogP contribution < -0.4 is 16.0 Å². The van der Waals surface area contributed by atoms with Gasteiger partial charge in [-0.25, -0.2) is 4.98 Å². The Balaban J connectivity index is 1.75. The highest BCUT2D eigenvalue weighted by molar-refractivity contribution is 5.82. The first-order valence-corrected chi connectivity index (χ1v) is 9.77. The zero-order chi connectivity index (χ0) is 20.4. The monoisotopic (exact) mass is 403 g/mol. The van der Waals surface area contributed by atoms with Crippen LogP contribution >= 0.6 is 0 Å². The van der Waals surface area contributed by atoms with E-state index in [0.29, 0.717) is 13.1 Å². The Kier molecular flexibility index (Phi) is 5.47. The summed E-state index contributed by atoms with van der Waals surface area (Å²) in [6.45, 7) is 4.41. The SMILES string of the molecule is NCCc1cccc2c1nc(N1CCNCC1)n2Cc1ccc(C(F)(F)F)cc1. The number of alkyl halides is 3. The van der Waals surface area contributed by atoms with Gasteiger partial charge in [0.1, 0.15) is 0 Å². The predicted octanol–water partition coefficient (Wildman–Crippen LogP) is 3.01. The van der Waals surface area contributed by atoms with Gasteiger partial charge < -0.3 is 20.5 Å². The molecule has 0 radical (unpaired) electrons. The molecule has 29 heavy (non-hydrogen) atoms. The molecule has 0 unspecified atom stereocenters. The highest BCUT2D eigenvalue weighted by Crippen LogP contribution is 2.30. The molecule has 154 valence electrons. The molecule has 0 amide bonds. The van der Waals surface area contributed by atoms with Crippen LogP contribution in [0.25, 0.3) is 11.0 Å². The van der Waals surface area contributed by atoms with E-state index in [2.05, 4.69) is 14.8 Å². The zero-order valence-electron chi connectivity index (χ0n) is 16.0. The molecule has 0 aliphatic carbocycles. The van der Waals surface area contributed by atoms with Crippen LogP contribution in [0.5, 0.6) is 0 Å². The molecule has 0 bridgehead atoms. The summed E-state index contributed by atoms with van der Waals surface area (Å²) in [5.74, 6) is 0.853. The molecule has 0 spiro atoms. The van der Waals surface area contributed by atoms with Gasteiger partial charge in [-0.05, 0) is 42.3 Å². The molecule has 3 aromatic rings. The number of hydrogen-bond acceptors (Lipinski definition) is 4. The number of para-hydroxylation sites is 1. The van der Waals surface area contributed by atoms with Gasteiger partial charge in [0.25, 0.3) is 0 Å². The quantitative estimate of drug-likeness (QED) is 0.688. The van der Waals surface area contributed by atoms with Gasteiger partial charge in [0, 0.05) is 26.2 Å². The second-order valence-electron chi connectivity index (χ2n) is 7.25. The number of nitrogens with one attached hydrogen (secondary N) is 1. The maximum atomic E-state index is 12.9. The van der Waals surface area contributed by atoms with E-state index in [9.17, 15) is 13.2 Å². The van der Waals surface area contributed by atoms with Crippen LogP contribution in [0.15, 0.2) is 42.5 Å². The lowest BCUT2D eigenvalue weighted by Gasteiger charge is -2.29. The van der Waals surface area contributed by atoms with Crippen LogP contribution in [0.4, 0.5) is 19.1 Å². The lowest BCUT2D eigenvalue weighted by molar-refractivity contribution is -0.137. The van der Waals surface area contributed by atoms with Crippen molar-refractivity contribution in [1.82, 2.24) is 14.9 Å². The predicted molar refractivity (Wildman–Crippen MR) is 108 cm³/mol. The van der Waals surface area contributed by atoms with E-state index in [-0.39, 0.29) is 0 Å². The van der Waals surface area contributed by atoms with Gasteiger partial charge in [0.2, 0.25) is 5.95 Å². The average Bonchev–Trinajstić information content (AvgIpc) is 3.08. The molecule has 1 aliphatic rings. The van der Waals surface area contributed by atoms with Crippen molar-refractivity contribution >= 4 is 17.0 Å². The molecule has 3 N–H and O–H groups in total. The van der Waals surface area contributed by atoms with E-state index in [1.165, 1.54) is 0 Å². The van der Waals surface area contributed by atoms with Gasteiger partial charge in [-0.2, -0.15) is 13.2 Å². The number of anilines is 1. The fourth-order valence-electron chi connectivity index (χ4n) is 3.79. The summed E-state index contributed by atoms with van der Waals surface area (Å²) in [5, 5.41) is 3.34. The van der Waals surface area contributed by atoms with Crippen molar-refractivity contribution in [1.29, 1.82) is 0 Å². The maximum Gasteiger partial charge on any atom is 0.416 e. The first kappa shape index (κ1) is 19.7. The minimum atomic E-state index is -4.33. The minimum Gasteiger partial charge on any atom is -0.340 e. The van der Waals surface area contributed by atoms with E-state index in [1.54, 1.807) is 12.1 Å². The fourth-order valence-corrected chi connectivity index (χ4v) is 3.79. The first-order valence-electron chi connectivity index (χ1n) is 9.77. The van der Waals surface area contributed by atoms with Crippen LogP contribution in [0.1, 0.15) is 16.7 Å². The second kappa shape index (κ2) is 8.04. The number of rotatable bonds is 5. The Morgan fingerprint density at radius 1 is 1.03 bits per heavy atom. The largest absolute Gasteiger partial charge is 0.416 e. The third kappa shape index (κ3) is 4.09. The number of piperazine rings is 1. The Hall–Kier alpha value is -2.58. The zero-order valence-corrected chi connectivity index (χ0v) is 16.0. The number of benzene rings is 2. The van der Waals surface area contributed by atoms with Crippen LogP contribution in [0, 0.1) is 0 Å². The number of hydrogen-bond donors (Lipinski definition) is 2. The molecule has 8 heteroatoms. The second-order valence-corrected chi connectivity index (χ2v) is 7.25. The Bertz CT molecular complexity index is 972. The van der Waals surface area contributed by atoms with Crippen LogP contribution in [-0.4, -0.2) is 42.3 Å². The van der Waals surface area contributed by atoms with E-state index >= 15 is 0 Å². The summed E-state index contributed by atoms with van der Waals surface area (Å²) >= 11 is 0. The van der Waals surface area contributed by atoms with Crippen LogP contribution in [-0.2, 0) is 19.1 Å². The summed E-state index contributed by atoms with van der Waals surface area (Å²) in [6.07, 6.45) is -3.60. The Labute approximate surface area is 167 Å². The molecular weight excluding hydrogens is 379 g/mol. The van der Waals surface area contributed by atoms with Crippen LogP contribution in [0.2, 0.25) is 0 Å². The van der Waals surface area contributed by atoms with Crippen molar-refractivity contribution in [2.45, 2.75) is 19.1 Å². The third-order valence-corrected chi connectivity index (χ3v) is 5.28. The maximum absolute atomic E-state index is 12.9. The van der Waals surface area contributed by atoms with E-state index in [1.807, 2.05) is 18.2 Å². The normalized spacial score (nSPS) is 15.2. The van der Waals surface area contributed by atoms with Gasteiger partial charge in [-0.3, -0.25) is 0 Å². The molecule has 1 aliphatic heterocycles. The summed E-state index contributed by atoms with van der Waals surface area (Å²) in [7, 11) is 0. The molecule has 1 fully saturated rings. The van der Waals surface area contributed by atoms with Crippen molar-refractivity contribution < 1.29 is 13.2 Å². The van der Waals surface area contributed by atoms with Crippen molar-refractivity contribution in [3.05, 3.63) is 59.2 Å². The van der Waals surface area contributed by atoms with Crippen molar-refractivity contribution in [3.63, 3.8) is 0 Å². The third-order valence-electron chi connectivity index (χ3n) is 5.28. The number of nitrogens with zero attached hydrogens (tertiary/aromatic N) is 3. The summed E-state index contributed by atoms with van der Waals surface area (Å²) in [5.41, 5.74) is 8.92. The fraction of sp³-hybridized carbons (Fsp3) is 0.381. The van der Waals surface area contributed by atoms with E-state index < -0.39 is 11.7 Å². The smallest absolute Gasteiger partial charge is 0.340 e. The molecule has 0 saturated carbocycles. The number of imidazole rings is 1. The molecule has 0 atom stereocenters. The standard InChI is InChI=1S/C21H24F3N5/c22-21(23,24)17-6-4-15(5-7-17)14-29-18-3-1-2-16(8-9-25)19(18)27-20(29)28-12-10-26-11-13-28/h1-7,26H,8-14,25H2. The highest BCUT2D eigenvalue weighted by Gasteiger charge is 2.30. The molecule has 4 rings (SSSR count). The number of fused-ring (bicyclic) bond motifs is 1.